The topological polar surface area (TPSA) is 98.8 Å². The van der Waals surface area contributed by atoms with Crippen LogP contribution in [-0.4, -0.2) is 43.8 Å². The first-order valence-corrected chi connectivity index (χ1v) is 13.8. The van der Waals surface area contributed by atoms with Gasteiger partial charge in [-0.25, -0.2) is 4.98 Å². The van der Waals surface area contributed by atoms with Gasteiger partial charge >= 0.3 is 0 Å². The van der Waals surface area contributed by atoms with Crippen LogP contribution in [0.5, 0.6) is 0 Å². The first-order chi connectivity index (χ1) is 19.1. The quantitative estimate of drug-likeness (QED) is 0.236. The molecule has 1 amide bonds. The number of fused-ring (bicyclic) bond motifs is 1. The van der Waals surface area contributed by atoms with Gasteiger partial charge in [0.2, 0.25) is 0 Å². The summed E-state index contributed by atoms with van der Waals surface area (Å²) in [6.07, 6.45) is 10.2. The second-order valence-electron chi connectivity index (χ2n) is 9.95. The van der Waals surface area contributed by atoms with Crippen molar-refractivity contribution in [3.05, 3.63) is 112 Å². The van der Waals surface area contributed by atoms with Crippen LogP contribution in [-0.2, 0) is 26.1 Å². The lowest BCUT2D eigenvalue weighted by Gasteiger charge is -2.35. The summed E-state index contributed by atoms with van der Waals surface area (Å²) in [6, 6.07) is 14.6. The number of H-pyrrole nitrogens is 1. The van der Waals surface area contributed by atoms with E-state index in [4.69, 9.17) is 16.6 Å². The van der Waals surface area contributed by atoms with Crippen LogP contribution < -0.4 is 10.6 Å². The van der Waals surface area contributed by atoms with Crippen LogP contribution in [0.1, 0.15) is 63.1 Å². The Morgan fingerprint density at radius 3 is 2.72 bits per heavy atom. The Morgan fingerprint density at radius 1 is 1.08 bits per heavy atom. The zero-order valence-electron chi connectivity index (χ0n) is 22.2. The van der Waals surface area contributed by atoms with Gasteiger partial charge in [-0.1, -0.05) is 41.9 Å². The van der Waals surface area contributed by atoms with Crippen LogP contribution >= 0.6 is 11.6 Å². The summed E-state index contributed by atoms with van der Waals surface area (Å²) in [6.45, 7) is 5.74. The molecule has 3 aromatic heterocycles. The Morgan fingerprint density at radius 2 is 1.92 bits per heavy atom. The van der Waals surface area contributed by atoms with Gasteiger partial charge in [0, 0.05) is 63.2 Å². The molecule has 0 bridgehead atoms. The number of carbonyl (C=O) groups excluding carboxylic acids is 1. The van der Waals surface area contributed by atoms with E-state index in [-0.39, 0.29) is 11.9 Å². The van der Waals surface area contributed by atoms with Crippen molar-refractivity contribution >= 4 is 17.5 Å². The number of aryl methyl sites for hydroxylation is 2. The highest BCUT2D eigenvalue weighted by atomic mass is 35.5. The molecule has 1 unspecified atom stereocenters. The molecule has 8 nitrogen and oxygen atoms in total. The standard InChI is InChI=1S/C30H34ClN7O/c1-21-35-18-25(37-21)17-33-14-15-38(28-6-2-4-24-5-3-12-34-29(24)28)20-23-9-7-22(8-10-23)16-36-30(39)26-11-13-32-19-27(26)31/h3,5,7-13,18-19,28,33H,2,4,6,14-17,20H2,1H3,(H,35,37)(H,36,39). The molecule has 1 aliphatic carbocycles. The summed E-state index contributed by atoms with van der Waals surface area (Å²) in [5.74, 6) is 0.724. The summed E-state index contributed by atoms with van der Waals surface area (Å²) in [7, 11) is 0. The van der Waals surface area contributed by atoms with E-state index in [1.807, 2.05) is 25.4 Å². The van der Waals surface area contributed by atoms with Crippen LogP contribution in [0, 0.1) is 6.92 Å². The van der Waals surface area contributed by atoms with Crippen LogP contribution in [0.2, 0.25) is 5.02 Å². The molecule has 1 aromatic carbocycles. The highest BCUT2D eigenvalue weighted by Gasteiger charge is 2.27. The minimum absolute atomic E-state index is 0.209. The minimum Gasteiger partial charge on any atom is -0.348 e. The van der Waals surface area contributed by atoms with E-state index in [1.165, 1.54) is 29.4 Å². The number of benzene rings is 1. The normalized spacial score (nSPS) is 14.8. The molecule has 0 aliphatic heterocycles. The van der Waals surface area contributed by atoms with Gasteiger partial charge in [-0.05, 0) is 55.0 Å². The Kier molecular flexibility index (Phi) is 8.98. The van der Waals surface area contributed by atoms with E-state index < -0.39 is 0 Å². The second kappa shape index (κ2) is 13.0. The monoisotopic (exact) mass is 543 g/mol. The van der Waals surface area contributed by atoms with Gasteiger partial charge in [0.05, 0.1) is 22.3 Å². The fourth-order valence-corrected chi connectivity index (χ4v) is 5.33. The van der Waals surface area contributed by atoms with Crippen molar-refractivity contribution in [1.29, 1.82) is 0 Å². The fraction of sp³-hybridized carbons (Fsp3) is 0.333. The molecule has 3 heterocycles. The number of aromatic amines is 1. The van der Waals surface area contributed by atoms with Crippen molar-refractivity contribution in [2.45, 2.75) is 51.9 Å². The van der Waals surface area contributed by atoms with Crippen molar-refractivity contribution < 1.29 is 4.79 Å². The zero-order valence-corrected chi connectivity index (χ0v) is 22.9. The summed E-state index contributed by atoms with van der Waals surface area (Å²) in [5, 5.41) is 6.85. The number of carbonyl (C=O) groups is 1. The number of aromatic nitrogens is 4. The Labute approximate surface area is 234 Å². The molecular formula is C30H34ClN7O. The molecule has 9 heteroatoms. The summed E-state index contributed by atoms with van der Waals surface area (Å²) in [4.78, 5) is 31.3. The summed E-state index contributed by atoms with van der Waals surface area (Å²) < 4.78 is 0. The lowest BCUT2D eigenvalue weighted by molar-refractivity contribution is 0.0951. The van der Waals surface area contributed by atoms with Gasteiger partial charge in [0.25, 0.3) is 5.91 Å². The number of rotatable bonds is 11. The maximum atomic E-state index is 12.5. The predicted molar refractivity (Wildman–Crippen MR) is 152 cm³/mol. The number of hydrogen-bond donors (Lipinski definition) is 3. The molecule has 0 radical (unpaired) electrons. The first kappa shape index (κ1) is 27.0. The molecule has 39 heavy (non-hydrogen) atoms. The van der Waals surface area contributed by atoms with Gasteiger partial charge in [0.15, 0.2) is 0 Å². The van der Waals surface area contributed by atoms with Crippen LogP contribution in [0.3, 0.4) is 0 Å². The molecule has 0 fully saturated rings. The molecule has 1 aliphatic rings. The van der Waals surface area contributed by atoms with Gasteiger partial charge in [0.1, 0.15) is 5.82 Å². The van der Waals surface area contributed by atoms with Crippen LogP contribution in [0.4, 0.5) is 0 Å². The first-order valence-electron chi connectivity index (χ1n) is 13.4. The van der Waals surface area contributed by atoms with Crippen molar-refractivity contribution in [2.24, 2.45) is 0 Å². The maximum absolute atomic E-state index is 12.5. The van der Waals surface area contributed by atoms with Gasteiger partial charge in [-0.3, -0.25) is 19.7 Å². The number of hydrogen-bond acceptors (Lipinski definition) is 6. The molecule has 0 saturated carbocycles. The largest absolute Gasteiger partial charge is 0.348 e. The number of nitrogens with one attached hydrogen (secondary N) is 3. The molecule has 5 rings (SSSR count). The Bertz CT molecular complexity index is 1390. The van der Waals surface area contributed by atoms with Crippen molar-refractivity contribution in [3.8, 4) is 0 Å². The maximum Gasteiger partial charge on any atom is 0.253 e. The second-order valence-corrected chi connectivity index (χ2v) is 10.4. The minimum atomic E-state index is -0.209. The number of amides is 1. The van der Waals surface area contributed by atoms with E-state index in [0.29, 0.717) is 17.1 Å². The van der Waals surface area contributed by atoms with Crippen LogP contribution in [0.25, 0.3) is 0 Å². The molecule has 202 valence electrons. The van der Waals surface area contributed by atoms with E-state index in [9.17, 15) is 4.79 Å². The fourth-order valence-electron chi connectivity index (χ4n) is 5.13. The number of pyridine rings is 2. The Hall–Kier alpha value is -3.59. The molecule has 3 N–H and O–H groups in total. The molecule has 0 saturated heterocycles. The van der Waals surface area contributed by atoms with E-state index in [1.54, 1.807) is 12.3 Å². The van der Waals surface area contributed by atoms with E-state index >= 15 is 0 Å². The van der Waals surface area contributed by atoms with E-state index in [2.05, 4.69) is 60.8 Å². The third-order valence-electron chi connectivity index (χ3n) is 7.13. The van der Waals surface area contributed by atoms with E-state index in [0.717, 1.165) is 56.1 Å². The van der Waals surface area contributed by atoms with Crippen molar-refractivity contribution in [2.75, 3.05) is 13.1 Å². The number of halogens is 1. The van der Waals surface area contributed by atoms with Gasteiger partial charge < -0.3 is 15.6 Å². The highest BCUT2D eigenvalue weighted by molar-refractivity contribution is 6.33. The third-order valence-corrected chi connectivity index (χ3v) is 7.43. The third kappa shape index (κ3) is 7.09. The molecule has 0 spiro atoms. The summed E-state index contributed by atoms with van der Waals surface area (Å²) in [5.41, 5.74) is 6.36. The smallest absolute Gasteiger partial charge is 0.253 e. The SMILES string of the molecule is Cc1ncc(CNCCN(Cc2ccc(CNC(=O)c3ccncc3Cl)cc2)C2CCCc3cccnc32)[nH]1. The lowest BCUT2D eigenvalue weighted by atomic mass is 9.90. The average molecular weight is 544 g/mol. The van der Waals surface area contributed by atoms with Crippen LogP contribution in [0.15, 0.2) is 67.3 Å². The number of nitrogens with zero attached hydrogens (tertiary/aromatic N) is 4. The van der Waals surface area contributed by atoms with Crippen molar-refractivity contribution in [1.82, 2.24) is 35.5 Å². The Balaban J connectivity index is 1.23. The van der Waals surface area contributed by atoms with Gasteiger partial charge in [-0.2, -0.15) is 0 Å². The average Bonchev–Trinajstić information content (AvgIpc) is 3.38. The van der Waals surface area contributed by atoms with Crippen molar-refractivity contribution in [3.63, 3.8) is 0 Å². The lowest BCUT2D eigenvalue weighted by Crippen LogP contribution is -2.36. The molecular weight excluding hydrogens is 510 g/mol. The predicted octanol–water partition coefficient (Wildman–Crippen LogP) is 4.76. The molecule has 1 atom stereocenters. The number of imidazole rings is 1. The van der Waals surface area contributed by atoms with Gasteiger partial charge in [-0.15, -0.1) is 0 Å². The zero-order chi connectivity index (χ0) is 27.0. The molecule has 4 aromatic rings. The highest BCUT2D eigenvalue weighted by Crippen LogP contribution is 2.33. The summed E-state index contributed by atoms with van der Waals surface area (Å²) >= 11 is 6.10.